The second-order valence-corrected chi connectivity index (χ2v) is 6.46. The maximum Gasteiger partial charge on any atom is 0.248 e. The highest BCUT2D eigenvalue weighted by molar-refractivity contribution is 5.92. The average Bonchev–Trinajstić information content (AvgIpc) is 2.63. The molecule has 132 valence electrons. The van der Waals surface area contributed by atoms with Gasteiger partial charge in [0.05, 0.1) is 13.2 Å². The van der Waals surface area contributed by atoms with Crippen molar-refractivity contribution in [2.75, 3.05) is 38.3 Å². The summed E-state index contributed by atoms with van der Waals surface area (Å²) in [5.41, 5.74) is 9.61. The van der Waals surface area contributed by atoms with Gasteiger partial charge in [0.2, 0.25) is 5.91 Å². The van der Waals surface area contributed by atoms with Gasteiger partial charge in [-0.05, 0) is 36.4 Å². The van der Waals surface area contributed by atoms with Crippen LogP contribution in [0, 0.1) is 0 Å². The summed E-state index contributed by atoms with van der Waals surface area (Å²) in [5, 5.41) is 0. The van der Waals surface area contributed by atoms with E-state index in [0.717, 1.165) is 45.0 Å². The molecule has 2 N–H and O–H groups in total. The van der Waals surface area contributed by atoms with E-state index in [2.05, 4.69) is 41.1 Å². The van der Waals surface area contributed by atoms with Gasteiger partial charge in [-0.25, -0.2) is 0 Å². The number of carbonyl (C=O) groups excluding carboxylic acids is 1. The SMILES string of the molecule is CN(Cc1ccc(C(N)=O)cc1)Cc1ccccc1N1CCOCC1. The van der Waals surface area contributed by atoms with E-state index in [1.54, 1.807) is 12.1 Å². The lowest BCUT2D eigenvalue weighted by molar-refractivity contribution is 0.1000. The molecule has 1 saturated heterocycles. The number of ether oxygens (including phenoxy) is 1. The van der Waals surface area contributed by atoms with E-state index in [9.17, 15) is 4.79 Å². The highest BCUT2D eigenvalue weighted by Crippen LogP contribution is 2.23. The Hall–Kier alpha value is -2.37. The van der Waals surface area contributed by atoms with Gasteiger partial charge in [-0.2, -0.15) is 0 Å². The molecule has 2 aromatic rings. The number of hydrogen-bond acceptors (Lipinski definition) is 4. The zero-order valence-electron chi connectivity index (χ0n) is 14.6. The lowest BCUT2D eigenvalue weighted by atomic mass is 10.1. The van der Waals surface area contributed by atoms with E-state index >= 15 is 0 Å². The molecule has 5 heteroatoms. The fourth-order valence-corrected chi connectivity index (χ4v) is 3.19. The number of morpholine rings is 1. The smallest absolute Gasteiger partial charge is 0.248 e. The topological polar surface area (TPSA) is 58.8 Å². The summed E-state index contributed by atoms with van der Waals surface area (Å²) in [5.74, 6) is -0.389. The van der Waals surface area contributed by atoms with Crippen molar-refractivity contribution in [3.63, 3.8) is 0 Å². The molecule has 3 rings (SSSR count). The Morgan fingerprint density at radius 3 is 2.44 bits per heavy atom. The Kier molecular flexibility index (Phi) is 5.68. The van der Waals surface area contributed by atoms with Gasteiger partial charge in [0.25, 0.3) is 0 Å². The molecule has 0 atom stereocenters. The first-order valence-electron chi connectivity index (χ1n) is 8.61. The first kappa shape index (κ1) is 17.5. The Morgan fingerprint density at radius 1 is 1.08 bits per heavy atom. The number of amides is 1. The summed E-state index contributed by atoms with van der Waals surface area (Å²) >= 11 is 0. The Morgan fingerprint density at radius 2 is 1.76 bits per heavy atom. The van der Waals surface area contributed by atoms with E-state index in [0.29, 0.717) is 5.56 Å². The minimum absolute atomic E-state index is 0.389. The maximum absolute atomic E-state index is 11.2. The van der Waals surface area contributed by atoms with Crippen LogP contribution in [0.3, 0.4) is 0 Å². The van der Waals surface area contributed by atoms with Crippen molar-refractivity contribution >= 4 is 11.6 Å². The third-order valence-electron chi connectivity index (χ3n) is 4.47. The highest BCUT2D eigenvalue weighted by Gasteiger charge is 2.15. The van der Waals surface area contributed by atoms with E-state index in [1.165, 1.54) is 11.3 Å². The molecule has 0 saturated carbocycles. The summed E-state index contributed by atoms with van der Waals surface area (Å²) in [6, 6.07) is 16.1. The molecule has 1 fully saturated rings. The van der Waals surface area contributed by atoms with Crippen LogP contribution in [0.1, 0.15) is 21.5 Å². The largest absolute Gasteiger partial charge is 0.378 e. The number of carbonyl (C=O) groups is 1. The molecule has 1 aliphatic rings. The van der Waals surface area contributed by atoms with Crippen molar-refractivity contribution in [2.24, 2.45) is 5.73 Å². The molecule has 0 bridgehead atoms. The van der Waals surface area contributed by atoms with Gasteiger partial charge in [-0.15, -0.1) is 0 Å². The predicted molar refractivity (Wildman–Crippen MR) is 99.6 cm³/mol. The molecule has 0 unspecified atom stereocenters. The summed E-state index contributed by atoms with van der Waals surface area (Å²) in [7, 11) is 2.11. The van der Waals surface area contributed by atoms with Gasteiger partial charge in [0.1, 0.15) is 0 Å². The van der Waals surface area contributed by atoms with Crippen LogP contribution in [0.25, 0.3) is 0 Å². The Labute approximate surface area is 149 Å². The van der Waals surface area contributed by atoms with Crippen molar-refractivity contribution in [1.29, 1.82) is 0 Å². The molecular formula is C20H25N3O2. The van der Waals surface area contributed by atoms with Crippen LogP contribution in [0.15, 0.2) is 48.5 Å². The Balaban J connectivity index is 1.66. The molecule has 1 amide bonds. The molecule has 0 spiro atoms. The number of para-hydroxylation sites is 1. The minimum Gasteiger partial charge on any atom is -0.378 e. The molecule has 0 aromatic heterocycles. The number of primary amides is 1. The van der Waals surface area contributed by atoms with Crippen molar-refractivity contribution in [3.05, 3.63) is 65.2 Å². The van der Waals surface area contributed by atoms with Gasteiger partial charge in [-0.1, -0.05) is 30.3 Å². The summed E-state index contributed by atoms with van der Waals surface area (Å²) < 4.78 is 5.46. The first-order chi connectivity index (χ1) is 12.1. The fourth-order valence-electron chi connectivity index (χ4n) is 3.19. The van der Waals surface area contributed by atoms with Crippen molar-refractivity contribution in [1.82, 2.24) is 4.90 Å². The molecule has 1 aliphatic heterocycles. The van der Waals surface area contributed by atoms with Crippen LogP contribution >= 0.6 is 0 Å². The Bertz CT molecular complexity index is 709. The standard InChI is InChI=1S/C20H25N3O2/c1-22(14-16-6-8-17(9-7-16)20(21)24)15-18-4-2-3-5-19(18)23-10-12-25-13-11-23/h2-9H,10-15H2,1H3,(H2,21,24). The summed E-state index contributed by atoms with van der Waals surface area (Å²) in [6.07, 6.45) is 0. The van der Waals surface area contributed by atoms with Crippen LogP contribution in [0.2, 0.25) is 0 Å². The molecule has 1 heterocycles. The van der Waals surface area contributed by atoms with Crippen molar-refractivity contribution < 1.29 is 9.53 Å². The lowest BCUT2D eigenvalue weighted by Crippen LogP contribution is -2.37. The number of nitrogens with zero attached hydrogens (tertiary/aromatic N) is 2. The van der Waals surface area contributed by atoms with Gasteiger partial charge in [0.15, 0.2) is 0 Å². The normalized spacial score (nSPS) is 14.7. The van der Waals surface area contributed by atoms with Crippen molar-refractivity contribution in [2.45, 2.75) is 13.1 Å². The number of hydrogen-bond donors (Lipinski definition) is 1. The summed E-state index contributed by atoms with van der Waals surface area (Å²) in [4.78, 5) is 15.8. The van der Waals surface area contributed by atoms with E-state index in [-0.39, 0.29) is 5.91 Å². The second-order valence-electron chi connectivity index (χ2n) is 6.46. The third-order valence-corrected chi connectivity index (χ3v) is 4.47. The highest BCUT2D eigenvalue weighted by atomic mass is 16.5. The lowest BCUT2D eigenvalue weighted by Gasteiger charge is -2.31. The van der Waals surface area contributed by atoms with E-state index in [1.807, 2.05) is 12.1 Å². The van der Waals surface area contributed by atoms with Gasteiger partial charge in [-0.3, -0.25) is 9.69 Å². The second kappa shape index (κ2) is 8.14. The third kappa shape index (κ3) is 4.59. The van der Waals surface area contributed by atoms with E-state index in [4.69, 9.17) is 10.5 Å². The fraction of sp³-hybridized carbons (Fsp3) is 0.350. The number of benzene rings is 2. The van der Waals surface area contributed by atoms with Gasteiger partial charge < -0.3 is 15.4 Å². The van der Waals surface area contributed by atoms with Gasteiger partial charge >= 0.3 is 0 Å². The molecule has 0 aliphatic carbocycles. The van der Waals surface area contributed by atoms with Crippen LogP contribution in [0.4, 0.5) is 5.69 Å². The average molecular weight is 339 g/mol. The quantitative estimate of drug-likeness (QED) is 0.877. The monoisotopic (exact) mass is 339 g/mol. The van der Waals surface area contributed by atoms with Gasteiger partial charge in [0, 0.05) is 37.4 Å². The zero-order valence-corrected chi connectivity index (χ0v) is 14.6. The van der Waals surface area contributed by atoms with Crippen LogP contribution < -0.4 is 10.6 Å². The summed E-state index contributed by atoms with van der Waals surface area (Å²) in [6.45, 7) is 5.14. The number of anilines is 1. The number of nitrogens with two attached hydrogens (primary N) is 1. The van der Waals surface area contributed by atoms with Crippen LogP contribution in [-0.2, 0) is 17.8 Å². The van der Waals surface area contributed by atoms with Crippen molar-refractivity contribution in [3.8, 4) is 0 Å². The van der Waals surface area contributed by atoms with E-state index < -0.39 is 0 Å². The molecular weight excluding hydrogens is 314 g/mol. The zero-order chi connectivity index (χ0) is 17.6. The maximum atomic E-state index is 11.2. The number of rotatable bonds is 6. The molecule has 25 heavy (non-hydrogen) atoms. The molecule has 5 nitrogen and oxygen atoms in total. The predicted octanol–water partition coefficient (Wildman–Crippen LogP) is 2.25. The molecule has 0 radical (unpaired) electrons. The van der Waals surface area contributed by atoms with Crippen LogP contribution in [0.5, 0.6) is 0 Å². The molecule has 2 aromatic carbocycles. The van der Waals surface area contributed by atoms with Crippen LogP contribution in [-0.4, -0.2) is 44.2 Å². The minimum atomic E-state index is -0.389. The first-order valence-corrected chi connectivity index (χ1v) is 8.61.